The zero-order chi connectivity index (χ0) is 13.9. The van der Waals surface area contributed by atoms with E-state index in [1.807, 2.05) is 24.3 Å². The molecule has 0 N–H and O–H groups in total. The molecule has 1 aromatic carbocycles. The minimum Gasteiger partial charge on any atom is -0.493 e. The van der Waals surface area contributed by atoms with E-state index in [2.05, 4.69) is 0 Å². The fourth-order valence-corrected chi connectivity index (χ4v) is 2.76. The molecule has 0 amide bonds. The summed E-state index contributed by atoms with van der Waals surface area (Å²) >= 11 is 6.09. The number of Topliss-reactive ketones (excluding diaryl/α,β-unsaturated/α-hetero) is 1. The van der Waals surface area contributed by atoms with Gasteiger partial charge in [-0.1, -0.05) is 11.6 Å². The fourth-order valence-electron chi connectivity index (χ4n) is 2.50. The van der Waals surface area contributed by atoms with E-state index in [0.29, 0.717) is 30.9 Å². The van der Waals surface area contributed by atoms with Gasteiger partial charge in [0, 0.05) is 36.3 Å². The molecule has 0 saturated carbocycles. The van der Waals surface area contributed by atoms with Gasteiger partial charge in [0.2, 0.25) is 0 Å². The van der Waals surface area contributed by atoms with Crippen molar-refractivity contribution < 1.29 is 13.9 Å². The zero-order valence-corrected chi connectivity index (χ0v) is 11.8. The van der Waals surface area contributed by atoms with Crippen LogP contribution in [0, 0.1) is 0 Å². The van der Waals surface area contributed by atoms with Gasteiger partial charge in [-0.15, -0.1) is 0 Å². The number of carbonyl (C=O) groups is 1. The Morgan fingerprint density at radius 2 is 2.25 bits per heavy atom. The highest BCUT2D eigenvalue weighted by Crippen LogP contribution is 2.33. The monoisotopic (exact) mass is 290 g/mol. The van der Waals surface area contributed by atoms with Crippen molar-refractivity contribution in [3.8, 4) is 5.75 Å². The highest BCUT2D eigenvalue weighted by atomic mass is 35.5. The Labute approximate surface area is 122 Å². The van der Waals surface area contributed by atoms with E-state index < -0.39 is 0 Å². The number of rotatable bonds is 5. The third-order valence-corrected chi connectivity index (χ3v) is 3.66. The number of hydrogen-bond donors (Lipinski definition) is 0. The van der Waals surface area contributed by atoms with E-state index in [1.54, 1.807) is 6.26 Å². The van der Waals surface area contributed by atoms with Crippen molar-refractivity contribution in [1.29, 1.82) is 0 Å². The van der Waals surface area contributed by atoms with Crippen LogP contribution < -0.4 is 4.74 Å². The minimum atomic E-state index is 0.168. The van der Waals surface area contributed by atoms with E-state index in [0.717, 1.165) is 29.1 Å². The lowest BCUT2D eigenvalue weighted by atomic mass is 10.0. The maximum Gasteiger partial charge on any atom is 0.137 e. The SMILES string of the molecule is O=C(CCc1ccco1)Cc1cc(Cl)cc2c1OCC2. The van der Waals surface area contributed by atoms with Crippen molar-refractivity contribution in [2.45, 2.75) is 25.7 Å². The number of ketones is 1. The molecule has 0 radical (unpaired) electrons. The molecule has 0 bridgehead atoms. The molecule has 4 heteroatoms. The van der Waals surface area contributed by atoms with Crippen molar-refractivity contribution in [1.82, 2.24) is 0 Å². The van der Waals surface area contributed by atoms with E-state index in [1.165, 1.54) is 0 Å². The first-order valence-corrected chi connectivity index (χ1v) is 7.08. The van der Waals surface area contributed by atoms with Crippen molar-refractivity contribution in [3.63, 3.8) is 0 Å². The topological polar surface area (TPSA) is 39.4 Å². The highest BCUT2D eigenvalue weighted by molar-refractivity contribution is 6.30. The predicted molar refractivity (Wildman–Crippen MR) is 76.4 cm³/mol. The Hall–Kier alpha value is -1.74. The van der Waals surface area contributed by atoms with Gasteiger partial charge in [0.05, 0.1) is 12.9 Å². The standard InChI is InChI=1S/C16H15ClO3/c17-13-8-11-5-7-20-16(11)12(9-13)10-14(18)3-4-15-2-1-6-19-15/h1-2,6,8-9H,3-5,7,10H2. The van der Waals surface area contributed by atoms with Crippen LogP contribution in [0.1, 0.15) is 23.3 Å². The first-order chi connectivity index (χ1) is 9.72. The van der Waals surface area contributed by atoms with Crippen LogP contribution in [0.4, 0.5) is 0 Å². The van der Waals surface area contributed by atoms with E-state index >= 15 is 0 Å². The fraction of sp³-hybridized carbons (Fsp3) is 0.312. The molecule has 3 rings (SSSR count). The quantitative estimate of drug-likeness (QED) is 0.844. The number of furan rings is 1. The molecule has 3 nitrogen and oxygen atoms in total. The van der Waals surface area contributed by atoms with E-state index in [4.69, 9.17) is 20.8 Å². The summed E-state index contributed by atoms with van der Waals surface area (Å²) in [5.41, 5.74) is 2.00. The summed E-state index contributed by atoms with van der Waals surface area (Å²) in [6.07, 6.45) is 3.95. The van der Waals surface area contributed by atoms with Crippen molar-refractivity contribution >= 4 is 17.4 Å². The van der Waals surface area contributed by atoms with Gasteiger partial charge < -0.3 is 9.15 Å². The van der Waals surface area contributed by atoms with Crippen LogP contribution in [-0.4, -0.2) is 12.4 Å². The number of benzene rings is 1. The molecule has 0 fully saturated rings. The molecule has 20 heavy (non-hydrogen) atoms. The molecular formula is C16H15ClO3. The van der Waals surface area contributed by atoms with Crippen LogP contribution in [-0.2, 0) is 24.1 Å². The number of ether oxygens (including phenoxy) is 1. The minimum absolute atomic E-state index is 0.168. The number of fused-ring (bicyclic) bond motifs is 1. The molecule has 0 unspecified atom stereocenters. The predicted octanol–water partition coefficient (Wildman–Crippen LogP) is 3.61. The van der Waals surface area contributed by atoms with Gasteiger partial charge in [-0.05, 0) is 29.8 Å². The molecule has 104 valence electrons. The highest BCUT2D eigenvalue weighted by Gasteiger charge is 2.19. The summed E-state index contributed by atoms with van der Waals surface area (Å²) in [5.74, 6) is 1.85. The Balaban J connectivity index is 1.67. The van der Waals surface area contributed by atoms with Gasteiger partial charge >= 0.3 is 0 Å². The largest absolute Gasteiger partial charge is 0.493 e. The van der Waals surface area contributed by atoms with Gasteiger partial charge in [0.1, 0.15) is 17.3 Å². The van der Waals surface area contributed by atoms with E-state index in [-0.39, 0.29) is 5.78 Å². The first kappa shape index (κ1) is 13.3. The first-order valence-electron chi connectivity index (χ1n) is 6.70. The molecule has 1 aliphatic rings. The van der Waals surface area contributed by atoms with Crippen LogP contribution in [0.25, 0.3) is 0 Å². The number of carbonyl (C=O) groups excluding carboxylic acids is 1. The summed E-state index contributed by atoms with van der Waals surface area (Å²) in [7, 11) is 0. The molecular weight excluding hydrogens is 276 g/mol. The summed E-state index contributed by atoms with van der Waals surface area (Å²) < 4.78 is 10.8. The van der Waals surface area contributed by atoms with E-state index in [9.17, 15) is 4.79 Å². The lowest BCUT2D eigenvalue weighted by Gasteiger charge is -2.08. The van der Waals surface area contributed by atoms with Crippen molar-refractivity contribution in [2.75, 3.05) is 6.61 Å². The molecule has 0 spiro atoms. The Morgan fingerprint density at radius 3 is 3.05 bits per heavy atom. The summed E-state index contributed by atoms with van der Waals surface area (Å²) in [6.45, 7) is 0.670. The summed E-state index contributed by atoms with van der Waals surface area (Å²) in [6, 6.07) is 7.46. The van der Waals surface area contributed by atoms with Crippen LogP contribution in [0.5, 0.6) is 5.75 Å². The lowest BCUT2D eigenvalue weighted by Crippen LogP contribution is -2.05. The maximum absolute atomic E-state index is 12.1. The zero-order valence-electron chi connectivity index (χ0n) is 11.0. The lowest BCUT2D eigenvalue weighted by molar-refractivity contribution is -0.118. The molecule has 0 saturated heterocycles. The third-order valence-electron chi connectivity index (χ3n) is 3.44. The van der Waals surface area contributed by atoms with Crippen molar-refractivity contribution in [3.05, 3.63) is 52.4 Å². The van der Waals surface area contributed by atoms with Crippen LogP contribution >= 0.6 is 11.6 Å². The molecule has 1 aromatic heterocycles. The number of hydrogen-bond acceptors (Lipinski definition) is 3. The molecule has 2 heterocycles. The average molecular weight is 291 g/mol. The Morgan fingerprint density at radius 1 is 1.35 bits per heavy atom. The van der Waals surface area contributed by atoms with Gasteiger partial charge in [-0.2, -0.15) is 0 Å². The van der Waals surface area contributed by atoms with Crippen molar-refractivity contribution in [2.24, 2.45) is 0 Å². The number of halogens is 1. The molecule has 1 aliphatic heterocycles. The van der Waals surface area contributed by atoms with Crippen LogP contribution in [0.3, 0.4) is 0 Å². The summed E-state index contributed by atoms with van der Waals surface area (Å²) in [5, 5.41) is 0.670. The van der Waals surface area contributed by atoms with Gasteiger partial charge in [0.15, 0.2) is 0 Å². The summed E-state index contributed by atoms with van der Waals surface area (Å²) in [4.78, 5) is 12.1. The van der Waals surface area contributed by atoms with Gasteiger partial charge in [-0.3, -0.25) is 4.79 Å². The second-order valence-electron chi connectivity index (χ2n) is 4.95. The second-order valence-corrected chi connectivity index (χ2v) is 5.38. The van der Waals surface area contributed by atoms with Crippen LogP contribution in [0.15, 0.2) is 34.9 Å². The normalized spacial score (nSPS) is 13.1. The molecule has 2 aromatic rings. The molecule has 0 aliphatic carbocycles. The van der Waals surface area contributed by atoms with Gasteiger partial charge in [-0.25, -0.2) is 0 Å². The van der Waals surface area contributed by atoms with Crippen LogP contribution in [0.2, 0.25) is 5.02 Å². The molecule has 0 atom stereocenters. The van der Waals surface area contributed by atoms with Gasteiger partial charge in [0.25, 0.3) is 0 Å². The Kier molecular flexibility index (Phi) is 3.79. The Bertz CT molecular complexity index is 617. The second kappa shape index (κ2) is 5.71. The maximum atomic E-state index is 12.1. The smallest absolute Gasteiger partial charge is 0.137 e. The third kappa shape index (κ3) is 2.88. The number of aryl methyl sites for hydroxylation is 1. The average Bonchev–Trinajstić information content (AvgIpc) is 3.06.